The van der Waals surface area contributed by atoms with Crippen LogP contribution in [0.15, 0.2) is 24.3 Å². The van der Waals surface area contributed by atoms with Crippen LogP contribution in [0.2, 0.25) is 0 Å². The SMILES string of the molecule is CCOc1ccccc1C(COCCC(C)(C)C)NC. The largest absolute Gasteiger partial charge is 0.494 e. The first-order chi connectivity index (χ1) is 9.48. The van der Waals surface area contributed by atoms with Gasteiger partial charge in [-0.1, -0.05) is 39.0 Å². The number of hydrogen-bond acceptors (Lipinski definition) is 3. The van der Waals surface area contributed by atoms with E-state index in [-0.39, 0.29) is 6.04 Å². The van der Waals surface area contributed by atoms with Gasteiger partial charge in [-0.3, -0.25) is 0 Å². The van der Waals surface area contributed by atoms with Crippen LogP contribution in [0.25, 0.3) is 0 Å². The summed E-state index contributed by atoms with van der Waals surface area (Å²) in [4.78, 5) is 0. The molecule has 1 N–H and O–H groups in total. The lowest BCUT2D eigenvalue weighted by Gasteiger charge is -2.22. The minimum absolute atomic E-state index is 0.165. The molecule has 0 saturated carbocycles. The molecule has 0 bridgehead atoms. The van der Waals surface area contributed by atoms with Crippen molar-refractivity contribution < 1.29 is 9.47 Å². The van der Waals surface area contributed by atoms with Crippen molar-refractivity contribution in [1.29, 1.82) is 0 Å². The Labute approximate surface area is 123 Å². The molecule has 114 valence electrons. The van der Waals surface area contributed by atoms with E-state index >= 15 is 0 Å². The van der Waals surface area contributed by atoms with Crippen LogP contribution >= 0.6 is 0 Å². The summed E-state index contributed by atoms with van der Waals surface area (Å²) in [5.74, 6) is 0.939. The molecule has 0 saturated heterocycles. The zero-order chi connectivity index (χ0) is 15.0. The molecule has 0 radical (unpaired) electrons. The van der Waals surface area contributed by atoms with Crippen molar-refractivity contribution in [3.8, 4) is 5.75 Å². The number of hydrogen-bond donors (Lipinski definition) is 1. The lowest BCUT2D eigenvalue weighted by molar-refractivity contribution is 0.0907. The summed E-state index contributed by atoms with van der Waals surface area (Å²) in [5, 5.41) is 3.31. The first-order valence-electron chi connectivity index (χ1n) is 7.44. The summed E-state index contributed by atoms with van der Waals surface area (Å²) in [6.45, 7) is 10.8. The van der Waals surface area contributed by atoms with E-state index in [1.54, 1.807) is 0 Å². The predicted octanol–water partition coefficient (Wildman–Crippen LogP) is 3.80. The Bertz CT molecular complexity index is 385. The summed E-state index contributed by atoms with van der Waals surface area (Å²) in [6, 6.07) is 8.31. The van der Waals surface area contributed by atoms with Crippen molar-refractivity contribution in [3.63, 3.8) is 0 Å². The van der Waals surface area contributed by atoms with E-state index in [1.807, 2.05) is 32.2 Å². The molecule has 1 unspecified atom stereocenters. The van der Waals surface area contributed by atoms with E-state index in [2.05, 4.69) is 32.2 Å². The highest BCUT2D eigenvalue weighted by atomic mass is 16.5. The standard InChI is InChI=1S/C17H29NO2/c1-6-20-16-10-8-7-9-14(16)15(18-5)13-19-12-11-17(2,3)4/h7-10,15,18H,6,11-13H2,1-5H3. The smallest absolute Gasteiger partial charge is 0.124 e. The quantitative estimate of drug-likeness (QED) is 0.734. The molecule has 0 spiro atoms. The zero-order valence-electron chi connectivity index (χ0n) is 13.5. The van der Waals surface area contributed by atoms with E-state index in [0.29, 0.717) is 18.6 Å². The summed E-state index contributed by atoms with van der Waals surface area (Å²) >= 11 is 0. The highest BCUT2D eigenvalue weighted by molar-refractivity contribution is 5.36. The van der Waals surface area contributed by atoms with Crippen molar-refractivity contribution in [2.45, 2.75) is 40.2 Å². The lowest BCUT2D eigenvalue weighted by Crippen LogP contribution is -2.23. The van der Waals surface area contributed by atoms with Crippen molar-refractivity contribution in [3.05, 3.63) is 29.8 Å². The average Bonchev–Trinajstić information content (AvgIpc) is 2.39. The molecule has 1 atom stereocenters. The number of likely N-dealkylation sites (N-methyl/N-ethyl adjacent to an activating group) is 1. The van der Waals surface area contributed by atoms with Crippen LogP contribution < -0.4 is 10.1 Å². The van der Waals surface area contributed by atoms with Gasteiger partial charge in [0.1, 0.15) is 5.75 Å². The Morgan fingerprint density at radius 1 is 1.20 bits per heavy atom. The van der Waals surface area contributed by atoms with Crippen LogP contribution in [0.3, 0.4) is 0 Å². The van der Waals surface area contributed by atoms with Gasteiger partial charge in [0.05, 0.1) is 19.3 Å². The fraction of sp³-hybridized carbons (Fsp3) is 0.647. The Hall–Kier alpha value is -1.06. The summed E-state index contributed by atoms with van der Waals surface area (Å²) in [5.41, 5.74) is 1.48. The molecule has 0 aromatic heterocycles. The first kappa shape index (κ1) is 17.0. The topological polar surface area (TPSA) is 30.5 Å². The molecular formula is C17H29NO2. The molecule has 1 rings (SSSR count). The van der Waals surface area contributed by atoms with Gasteiger partial charge in [-0.05, 0) is 31.9 Å². The van der Waals surface area contributed by atoms with Gasteiger partial charge >= 0.3 is 0 Å². The number of benzene rings is 1. The van der Waals surface area contributed by atoms with Crippen LogP contribution in [-0.2, 0) is 4.74 Å². The predicted molar refractivity (Wildman–Crippen MR) is 84.3 cm³/mol. The highest BCUT2D eigenvalue weighted by Gasteiger charge is 2.15. The van der Waals surface area contributed by atoms with Gasteiger partial charge in [-0.25, -0.2) is 0 Å². The third-order valence-corrected chi connectivity index (χ3v) is 3.22. The fourth-order valence-electron chi connectivity index (χ4n) is 1.96. The second kappa shape index (κ2) is 8.28. The summed E-state index contributed by atoms with van der Waals surface area (Å²) in [7, 11) is 1.96. The molecule has 0 aliphatic rings. The Balaban J connectivity index is 2.58. The van der Waals surface area contributed by atoms with Crippen molar-refractivity contribution >= 4 is 0 Å². The maximum Gasteiger partial charge on any atom is 0.124 e. The minimum atomic E-state index is 0.165. The van der Waals surface area contributed by atoms with E-state index < -0.39 is 0 Å². The number of para-hydroxylation sites is 1. The molecule has 0 fully saturated rings. The monoisotopic (exact) mass is 279 g/mol. The van der Waals surface area contributed by atoms with Crippen LogP contribution in [0.1, 0.15) is 45.7 Å². The van der Waals surface area contributed by atoms with Crippen LogP contribution in [-0.4, -0.2) is 26.9 Å². The summed E-state index contributed by atoms with van der Waals surface area (Å²) in [6.07, 6.45) is 1.07. The van der Waals surface area contributed by atoms with Gasteiger partial charge in [0.25, 0.3) is 0 Å². The Morgan fingerprint density at radius 3 is 2.50 bits per heavy atom. The minimum Gasteiger partial charge on any atom is -0.494 e. The molecule has 0 aliphatic heterocycles. The average molecular weight is 279 g/mol. The first-order valence-corrected chi connectivity index (χ1v) is 7.44. The molecule has 1 aromatic carbocycles. The van der Waals surface area contributed by atoms with Crippen LogP contribution in [0.5, 0.6) is 5.75 Å². The number of nitrogens with one attached hydrogen (secondary N) is 1. The van der Waals surface area contributed by atoms with Gasteiger partial charge in [0, 0.05) is 12.2 Å². The van der Waals surface area contributed by atoms with Crippen LogP contribution in [0, 0.1) is 5.41 Å². The molecule has 1 aromatic rings. The lowest BCUT2D eigenvalue weighted by atomic mass is 9.93. The molecule has 0 amide bonds. The molecule has 0 heterocycles. The van der Waals surface area contributed by atoms with Gasteiger partial charge in [-0.2, -0.15) is 0 Å². The zero-order valence-corrected chi connectivity index (χ0v) is 13.5. The van der Waals surface area contributed by atoms with Crippen molar-refractivity contribution in [2.24, 2.45) is 5.41 Å². The molecule has 0 aliphatic carbocycles. The Morgan fingerprint density at radius 2 is 1.90 bits per heavy atom. The van der Waals surface area contributed by atoms with Crippen molar-refractivity contribution in [2.75, 3.05) is 26.9 Å². The molecule has 3 nitrogen and oxygen atoms in total. The maximum absolute atomic E-state index is 5.83. The van der Waals surface area contributed by atoms with E-state index in [1.165, 1.54) is 0 Å². The van der Waals surface area contributed by atoms with Gasteiger partial charge in [0.2, 0.25) is 0 Å². The second-order valence-corrected chi connectivity index (χ2v) is 6.20. The second-order valence-electron chi connectivity index (χ2n) is 6.20. The fourth-order valence-corrected chi connectivity index (χ4v) is 1.96. The highest BCUT2D eigenvalue weighted by Crippen LogP contribution is 2.25. The van der Waals surface area contributed by atoms with Crippen molar-refractivity contribution in [1.82, 2.24) is 5.32 Å². The molecular weight excluding hydrogens is 250 g/mol. The summed E-state index contributed by atoms with van der Waals surface area (Å²) < 4.78 is 11.5. The maximum atomic E-state index is 5.83. The third-order valence-electron chi connectivity index (χ3n) is 3.22. The van der Waals surface area contributed by atoms with Gasteiger partial charge in [0.15, 0.2) is 0 Å². The van der Waals surface area contributed by atoms with E-state index in [4.69, 9.17) is 9.47 Å². The van der Waals surface area contributed by atoms with E-state index in [9.17, 15) is 0 Å². The van der Waals surface area contributed by atoms with Crippen LogP contribution in [0.4, 0.5) is 0 Å². The van der Waals surface area contributed by atoms with Gasteiger partial charge < -0.3 is 14.8 Å². The molecule has 3 heteroatoms. The normalized spacial score (nSPS) is 13.2. The third kappa shape index (κ3) is 5.93. The van der Waals surface area contributed by atoms with Gasteiger partial charge in [-0.15, -0.1) is 0 Å². The molecule has 20 heavy (non-hydrogen) atoms. The number of ether oxygens (including phenoxy) is 2. The Kier molecular flexibility index (Phi) is 7.03. The van der Waals surface area contributed by atoms with E-state index in [0.717, 1.165) is 24.3 Å². The number of rotatable bonds is 8.